The van der Waals surface area contributed by atoms with Gasteiger partial charge < -0.3 is 15.0 Å². The van der Waals surface area contributed by atoms with Gasteiger partial charge in [-0.05, 0) is 75.3 Å². The highest BCUT2D eigenvalue weighted by molar-refractivity contribution is 6.01. The number of nitrogens with one attached hydrogen (secondary N) is 1. The Morgan fingerprint density at radius 2 is 1.97 bits per heavy atom. The zero-order valence-electron chi connectivity index (χ0n) is 18.4. The third kappa shape index (κ3) is 4.73. The van der Waals surface area contributed by atoms with Gasteiger partial charge in [-0.15, -0.1) is 0 Å². The Balaban J connectivity index is 1.56. The Bertz CT molecular complexity index is 1010. The van der Waals surface area contributed by atoms with Crippen LogP contribution in [0.15, 0.2) is 42.5 Å². The highest BCUT2D eigenvalue weighted by Crippen LogP contribution is 2.50. The summed E-state index contributed by atoms with van der Waals surface area (Å²) >= 11 is 0. The second-order valence-corrected chi connectivity index (χ2v) is 9.63. The Morgan fingerprint density at radius 3 is 2.68 bits per heavy atom. The molecule has 2 aliphatic rings. The van der Waals surface area contributed by atoms with Crippen LogP contribution in [0.2, 0.25) is 0 Å². The normalized spacial score (nSPS) is 22.1. The third-order valence-corrected chi connectivity index (χ3v) is 5.96. The molecule has 1 aliphatic carbocycles. The molecule has 31 heavy (non-hydrogen) atoms. The molecule has 5 nitrogen and oxygen atoms in total. The minimum absolute atomic E-state index is 0.0633. The molecular weight excluding hydrogens is 395 g/mol. The number of piperidine rings is 1. The first-order valence-electron chi connectivity index (χ1n) is 10.8. The number of likely N-dealkylation sites (tertiary alicyclic amines) is 1. The molecule has 1 N–H and O–H groups in total. The summed E-state index contributed by atoms with van der Waals surface area (Å²) in [7, 11) is 0. The van der Waals surface area contributed by atoms with E-state index in [2.05, 4.69) is 5.32 Å². The molecule has 4 rings (SSSR count). The lowest BCUT2D eigenvalue weighted by atomic mass is 9.96. The molecule has 1 saturated heterocycles. The van der Waals surface area contributed by atoms with Crippen molar-refractivity contribution < 1.29 is 18.7 Å². The Labute approximate surface area is 182 Å². The first-order chi connectivity index (χ1) is 14.6. The van der Waals surface area contributed by atoms with E-state index in [0.29, 0.717) is 36.1 Å². The summed E-state index contributed by atoms with van der Waals surface area (Å²) in [6.07, 6.45) is 0.606. The number of benzene rings is 2. The molecule has 1 heterocycles. The number of rotatable bonds is 4. The van der Waals surface area contributed by atoms with Crippen molar-refractivity contribution in [1.82, 2.24) is 10.2 Å². The number of hydrogen-bond donors (Lipinski definition) is 1. The maximum atomic E-state index is 13.9. The van der Waals surface area contributed by atoms with Crippen molar-refractivity contribution in [1.29, 1.82) is 0 Å². The zero-order chi connectivity index (χ0) is 22.3. The van der Waals surface area contributed by atoms with E-state index >= 15 is 0 Å². The predicted octanol–water partition coefficient (Wildman–Crippen LogP) is 4.79. The largest absolute Gasteiger partial charge is 0.444 e. The molecule has 164 valence electrons. The van der Waals surface area contributed by atoms with Gasteiger partial charge in [-0.2, -0.15) is 0 Å². The highest BCUT2D eigenvalue weighted by atomic mass is 19.1. The number of fused-ring (bicyclic) bond motifs is 1. The summed E-state index contributed by atoms with van der Waals surface area (Å²) in [5.74, 6) is 0.473. The number of aryl methyl sites for hydroxylation is 1. The second-order valence-electron chi connectivity index (χ2n) is 9.63. The van der Waals surface area contributed by atoms with Crippen LogP contribution in [0.5, 0.6) is 0 Å². The van der Waals surface area contributed by atoms with Crippen LogP contribution in [0.3, 0.4) is 0 Å². The van der Waals surface area contributed by atoms with Gasteiger partial charge in [-0.1, -0.05) is 29.8 Å². The van der Waals surface area contributed by atoms with Crippen LogP contribution < -0.4 is 5.32 Å². The molecule has 0 bridgehead atoms. The van der Waals surface area contributed by atoms with Crippen molar-refractivity contribution in [2.24, 2.45) is 11.8 Å². The van der Waals surface area contributed by atoms with Crippen molar-refractivity contribution in [3.05, 3.63) is 59.4 Å². The Morgan fingerprint density at radius 1 is 1.19 bits per heavy atom. The molecular formula is C25H29FN2O3. The van der Waals surface area contributed by atoms with E-state index in [1.807, 2.05) is 56.9 Å². The van der Waals surface area contributed by atoms with Gasteiger partial charge in [0.05, 0.1) is 6.04 Å². The molecule has 2 amide bonds. The van der Waals surface area contributed by atoms with E-state index in [0.717, 1.165) is 17.5 Å². The van der Waals surface area contributed by atoms with E-state index in [-0.39, 0.29) is 17.8 Å². The summed E-state index contributed by atoms with van der Waals surface area (Å²) < 4.78 is 19.2. The Kier molecular flexibility index (Phi) is 5.50. The molecule has 0 radical (unpaired) electrons. The van der Waals surface area contributed by atoms with Crippen molar-refractivity contribution >= 4 is 12.0 Å². The van der Waals surface area contributed by atoms with E-state index in [1.165, 1.54) is 12.1 Å². The lowest BCUT2D eigenvalue weighted by Crippen LogP contribution is -2.46. The average Bonchev–Trinajstić information content (AvgIpc) is 3.36. The van der Waals surface area contributed by atoms with Gasteiger partial charge in [-0.25, -0.2) is 9.18 Å². The molecule has 1 aliphatic heterocycles. The fraction of sp³-hybridized carbons (Fsp3) is 0.440. The maximum absolute atomic E-state index is 13.9. The minimum atomic E-state index is -0.570. The number of hydrogen-bond acceptors (Lipinski definition) is 3. The first kappa shape index (κ1) is 21.3. The number of carbonyl (C=O) groups is 2. The lowest BCUT2D eigenvalue weighted by Gasteiger charge is -2.29. The van der Waals surface area contributed by atoms with Gasteiger partial charge in [0, 0.05) is 18.7 Å². The number of amides is 2. The van der Waals surface area contributed by atoms with E-state index in [9.17, 15) is 14.0 Å². The minimum Gasteiger partial charge on any atom is -0.444 e. The standard InChI is InChI=1S/C25H29FN2O3/c1-15-8-9-19(20(10-15)16-6-5-7-18(26)11-16)23(29)28-14-17-12-21(17)22(28)13-27-24(30)31-25(2,3)4/h5-11,17,21-22H,12-14H2,1-4H3,(H,27,30)/t17-,21-,22?/m1/s1. The van der Waals surface area contributed by atoms with E-state index in [4.69, 9.17) is 4.74 Å². The van der Waals surface area contributed by atoms with E-state index < -0.39 is 11.7 Å². The van der Waals surface area contributed by atoms with Crippen molar-refractivity contribution in [2.45, 2.75) is 45.8 Å². The number of halogens is 1. The molecule has 2 fully saturated rings. The van der Waals surface area contributed by atoms with Crippen LogP contribution in [-0.4, -0.2) is 41.6 Å². The molecule has 0 aromatic heterocycles. The summed E-state index contributed by atoms with van der Waals surface area (Å²) in [6.45, 7) is 8.46. The van der Waals surface area contributed by atoms with E-state index in [1.54, 1.807) is 6.07 Å². The summed E-state index contributed by atoms with van der Waals surface area (Å²) in [6, 6.07) is 11.9. The van der Waals surface area contributed by atoms with Crippen molar-refractivity contribution in [2.75, 3.05) is 13.1 Å². The molecule has 6 heteroatoms. The molecule has 2 aromatic carbocycles. The maximum Gasteiger partial charge on any atom is 0.407 e. The average molecular weight is 425 g/mol. The zero-order valence-corrected chi connectivity index (χ0v) is 18.4. The number of alkyl carbamates (subject to hydrolysis) is 1. The molecule has 0 spiro atoms. The van der Waals surface area contributed by atoms with Crippen LogP contribution in [-0.2, 0) is 4.74 Å². The van der Waals surface area contributed by atoms with Crippen LogP contribution in [0.1, 0.15) is 43.1 Å². The van der Waals surface area contributed by atoms with Gasteiger partial charge in [0.2, 0.25) is 0 Å². The summed E-state index contributed by atoms with van der Waals surface area (Å²) in [5, 5.41) is 2.83. The number of carbonyl (C=O) groups excluding carboxylic acids is 2. The smallest absolute Gasteiger partial charge is 0.407 e. The monoisotopic (exact) mass is 424 g/mol. The first-order valence-corrected chi connectivity index (χ1v) is 10.8. The van der Waals surface area contributed by atoms with Gasteiger partial charge in [0.1, 0.15) is 11.4 Å². The fourth-order valence-electron chi connectivity index (χ4n) is 4.46. The van der Waals surface area contributed by atoms with Crippen molar-refractivity contribution in [3.8, 4) is 11.1 Å². The van der Waals surface area contributed by atoms with Gasteiger partial charge in [-0.3, -0.25) is 4.79 Å². The van der Waals surface area contributed by atoms with Crippen LogP contribution in [0.25, 0.3) is 11.1 Å². The Hall–Kier alpha value is -2.89. The number of nitrogens with zero attached hydrogens (tertiary/aromatic N) is 1. The van der Waals surface area contributed by atoms with Gasteiger partial charge in [0.15, 0.2) is 0 Å². The van der Waals surface area contributed by atoms with Crippen LogP contribution in [0, 0.1) is 24.6 Å². The molecule has 1 saturated carbocycles. The topological polar surface area (TPSA) is 58.6 Å². The van der Waals surface area contributed by atoms with Crippen molar-refractivity contribution in [3.63, 3.8) is 0 Å². The SMILES string of the molecule is Cc1ccc(C(=O)N2C[C@H]3C[C@H]3C2CNC(=O)OC(C)(C)C)c(-c2cccc(F)c2)c1. The predicted molar refractivity (Wildman–Crippen MR) is 117 cm³/mol. The highest BCUT2D eigenvalue weighted by Gasteiger charge is 2.54. The third-order valence-electron chi connectivity index (χ3n) is 5.96. The molecule has 1 unspecified atom stereocenters. The van der Waals surface area contributed by atoms with Gasteiger partial charge >= 0.3 is 6.09 Å². The molecule has 2 aromatic rings. The summed E-state index contributed by atoms with van der Waals surface area (Å²) in [4.78, 5) is 27.6. The van der Waals surface area contributed by atoms with Crippen LogP contribution in [0.4, 0.5) is 9.18 Å². The number of ether oxygens (including phenoxy) is 1. The lowest BCUT2D eigenvalue weighted by molar-refractivity contribution is 0.0493. The summed E-state index contributed by atoms with van der Waals surface area (Å²) in [5.41, 5.74) is 2.39. The van der Waals surface area contributed by atoms with Crippen LogP contribution >= 0.6 is 0 Å². The quantitative estimate of drug-likeness (QED) is 0.768. The fourth-order valence-corrected chi connectivity index (χ4v) is 4.46. The molecule has 3 atom stereocenters. The van der Waals surface area contributed by atoms with Gasteiger partial charge in [0.25, 0.3) is 5.91 Å². The second kappa shape index (κ2) is 7.98.